The van der Waals surface area contributed by atoms with Gasteiger partial charge in [0.05, 0.1) is 0 Å². The number of rotatable bonds is 3. The molecular weight excluding hydrogens is 396 g/mol. The quantitative estimate of drug-likeness (QED) is 0.361. The molecule has 0 N–H and O–H groups in total. The zero-order valence-corrected chi connectivity index (χ0v) is 20.9. The molecule has 172 valence electrons. The van der Waals surface area contributed by atoms with Gasteiger partial charge in [-0.05, 0) is 16.7 Å². The van der Waals surface area contributed by atoms with Crippen molar-refractivity contribution >= 4 is 0 Å². The van der Waals surface area contributed by atoms with Crippen LogP contribution in [0.15, 0.2) is 91.0 Å². The van der Waals surface area contributed by atoms with Gasteiger partial charge in [-0.1, -0.05) is 132 Å². The highest BCUT2D eigenvalue weighted by Crippen LogP contribution is 1.98. The van der Waals surface area contributed by atoms with Crippen molar-refractivity contribution in [1.29, 1.82) is 0 Å². The third kappa shape index (κ3) is 22.8. The number of terminal acetylenes is 3. The van der Waals surface area contributed by atoms with Gasteiger partial charge in [0, 0.05) is 19.3 Å². The van der Waals surface area contributed by atoms with Crippen LogP contribution in [0.1, 0.15) is 57.2 Å². The van der Waals surface area contributed by atoms with Crippen LogP contribution in [0.25, 0.3) is 0 Å². The van der Waals surface area contributed by atoms with Gasteiger partial charge in [-0.25, -0.2) is 0 Å². The van der Waals surface area contributed by atoms with E-state index in [1.54, 1.807) is 0 Å². The molecule has 0 aliphatic carbocycles. The average Bonchev–Trinajstić information content (AvgIpc) is 2.84. The maximum atomic E-state index is 5.11. The third-order valence-corrected chi connectivity index (χ3v) is 3.45. The Balaban J connectivity index is 0. The molecule has 0 aliphatic heterocycles. The van der Waals surface area contributed by atoms with Crippen molar-refractivity contribution < 1.29 is 0 Å². The lowest BCUT2D eigenvalue weighted by molar-refractivity contribution is 1.09. The fraction of sp³-hybridized carbons (Fsp3) is 0.273. The standard InChI is InChI=1S/3C9H8.2C3H8/c3*1-2-6-9-7-4-3-5-8-9;2*1-3-2/h3*1,3-5,7-8H,6H2;2*3H2,1-2H3. The fourth-order valence-electron chi connectivity index (χ4n) is 2.14. The smallest absolute Gasteiger partial charge is 0.0337 e. The van der Waals surface area contributed by atoms with E-state index in [4.69, 9.17) is 19.3 Å². The Hall–Kier alpha value is -3.66. The molecule has 0 aliphatic rings. The second kappa shape index (κ2) is 26.4. The SMILES string of the molecule is C#CCc1ccccc1.C#CCc1ccccc1.C#CCc1ccccc1.CCC.CCC. The second-order valence-electron chi connectivity index (χ2n) is 7.01. The van der Waals surface area contributed by atoms with Crippen LogP contribution in [0.4, 0.5) is 0 Å². The minimum Gasteiger partial charge on any atom is -0.120 e. The Morgan fingerprint density at radius 1 is 0.424 bits per heavy atom. The molecule has 0 radical (unpaired) electrons. The first-order chi connectivity index (χ1) is 16.1. The Labute approximate surface area is 204 Å². The van der Waals surface area contributed by atoms with Crippen molar-refractivity contribution in [2.24, 2.45) is 0 Å². The van der Waals surface area contributed by atoms with Crippen LogP contribution in [0.3, 0.4) is 0 Å². The monoisotopic (exact) mass is 436 g/mol. The van der Waals surface area contributed by atoms with Crippen LogP contribution >= 0.6 is 0 Å². The molecule has 0 nitrogen and oxygen atoms in total. The Bertz CT molecular complexity index is 761. The van der Waals surface area contributed by atoms with Crippen LogP contribution in [0, 0.1) is 37.0 Å². The van der Waals surface area contributed by atoms with Crippen LogP contribution in [0.2, 0.25) is 0 Å². The molecule has 0 heteroatoms. The summed E-state index contributed by atoms with van der Waals surface area (Å²) in [5.74, 6) is 7.75. The van der Waals surface area contributed by atoms with E-state index in [1.807, 2.05) is 91.0 Å². The van der Waals surface area contributed by atoms with Gasteiger partial charge in [-0.3, -0.25) is 0 Å². The van der Waals surface area contributed by atoms with Gasteiger partial charge in [0.15, 0.2) is 0 Å². The van der Waals surface area contributed by atoms with Gasteiger partial charge in [0.1, 0.15) is 0 Å². The van der Waals surface area contributed by atoms with Gasteiger partial charge < -0.3 is 0 Å². The average molecular weight is 437 g/mol. The van der Waals surface area contributed by atoms with Gasteiger partial charge >= 0.3 is 0 Å². The van der Waals surface area contributed by atoms with E-state index in [0.717, 1.165) is 19.3 Å². The first kappa shape index (κ1) is 31.5. The van der Waals surface area contributed by atoms with Crippen molar-refractivity contribution in [2.75, 3.05) is 0 Å². The summed E-state index contributed by atoms with van der Waals surface area (Å²) in [6.07, 6.45) is 20.0. The van der Waals surface area contributed by atoms with E-state index in [-0.39, 0.29) is 0 Å². The minimum atomic E-state index is 0.737. The van der Waals surface area contributed by atoms with Crippen LogP contribution in [-0.2, 0) is 19.3 Å². The summed E-state index contributed by atoms with van der Waals surface area (Å²) in [7, 11) is 0. The molecule has 0 amide bonds. The predicted molar refractivity (Wildman–Crippen MR) is 149 cm³/mol. The van der Waals surface area contributed by atoms with Crippen LogP contribution in [-0.4, -0.2) is 0 Å². The minimum absolute atomic E-state index is 0.737. The van der Waals surface area contributed by atoms with E-state index >= 15 is 0 Å². The molecule has 0 heterocycles. The highest BCUT2D eigenvalue weighted by Gasteiger charge is 1.84. The highest BCUT2D eigenvalue weighted by molar-refractivity contribution is 5.20. The summed E-state index contributed by atoms with van der Waals surface area (Å²) in [4.78, 5) is 0. The molecule has 0 saturated heterocycles. The number of hydrogen-bond donors (Lipinski definition) is 0. The van der Waals surface area contributed by atoms with Crippen molar-refractivity contribution in [3.63, 3.8) is 0 Å². The molecular formula is C33H40. The number of benzene rings is 3. The van der Waals surface area contributed by atoms with E-state index < -0.39 is 0 Å². The maximum Gasteiger partial charge on any atom is 0.0337 e. The molecule has 0 bridgehead atoms. The van der Waals surface area contributed by atoms with E-state index in [1.165, 1.54) is 29.5 Å². The summed E-state index contributed by atoms with van der Waals surface area (Å²) >= 11 is 0. The zero-order valence-electron chi connectivity index (χ0n) is 20.9. The molecule has 33 heavy (non-hydrogen) atoms. The maximum absolute atomic E-state index is 5.11. The molecule has 3 aromatic carbocycles. The Morgan fingerprint density at radius 3 is 0.758 bits per heavy atom. The lowest BCUT2D eigenvalue weighted by Crippen LogP contribution is -1.76. The highest BCUT2D eigenvalue weighted by atomic mass is 13.9. The lowest BCUT2D eigenvalue weighted by atomic mass is 10.2. The van der Waals surface area contributed by atoms with Gasteiger partial charge in [-0.2, -0.15) is 0 Å². The van der Waals surface area contributed by atoms with Crippen molar-refractivity contribution in [3.05, 3.63) is 108 Å². The van der Waals surface area contributed by atoms with Crippen LogP contribution < -0.4 is 0 Å². The molecule has 0 saturated carbocycles. The van der Waals surface area contributed by atoms with Gasteiger partial charge in [0.25, 0.3) is 0 Å². The second-order valence-corrected chi connectivity index (χ2v) is 7.01. The summed E-state index contributed by atoms with van der Waals surface area (Å²) in [5, 5.41) is 0. The normalized spacial score (nSPS) is 7.91. The lowest BCUT2D eigenvalue weighted by Gasteiger charge is -1.89. The molecule has 3 rings (SSSR count). The molecule has 0 spiro atoms. The first-order valence-corrected chi connectivity index (χ1v) is 11.5. The third-order valence-electron chi connectivity index (χ3n) is 3.45. The van der Waals surface area contributed by atoms with Gasteiger partial charge in [-0.15, -0.1) is 37.0 Å². The molecule has 0 aromatic heterocycles. The van der Waals surface area contributed by atoms with E-state index in [2.05, 4.69) is 45.5 Å². The van der Waals surface area contributed by atoms with E-state index in [9.17, 15) is 0 Å². The van der Waals surface area contributed by atoms with E-state index in [0.29, 0.717) is 0 Å². The zero-order chi connectivity index (χ0) is 25.0. The predicted octanol–water partition coefficient (Wildman–Crippen LogP) is 8.42. The van der Waals surface area contributed by atoms with Crippen molar-refractivity contribution in [3.8, 4) is 37.0 Å². The molecule has 0 fully saturated rings. The van der Waals surface area contributed by atoms with Gasteiger partial charge in [0.2, 0.25) is 0 Å². The number of hydrogen-bond acceptors (Lipinski definition) is 0. The summed E-state index contributed by atoms with van der Waals surface area (Å²) in [6, 6.07) is 30.1. The molecule has 0 unspecified atom stereocenters. The molecule has 0 atom stereocenters. The topological polar surface area (TPSA) is 0 Å². The van der Waals surface area contributed by atoms with Crippen molar-refractivity contribution in [2.45, 2.75) is 59.8 Å². The summed E-state index contributed by atoms with van der Waals surface area (Å²) in [6.45, 7) is 8.50. The Morgan fingerprint density at radius 2 is 0.606 bits per heavy atom. The molecule has 3 aromatic rings. The summed E-state index contributed by atoms with van der Waals surface area (Å²) in [5.41, 5.74) is 3.63. The largest absolute Gasteiger partial charge is 0.120 e. The summed E-state index contributed by atoms with van der Waals surface area (Å²) < 4.78 is 0. The first-order valence-electron chi connectivity index (χ1n) is 11.5. The fourth-order valence-corrected chi connectivity index (χ4v) is 2.14. The van der Waals surface area contributed by atoms with Crippen molar-refractivity contribution in [1.82, 2.24) is 0 Å². The Kier molecular flexibility index (Phi) is 25.2. The van der Waals surface area contributed by atoms with Crippen LogP contribution in [0.5, 0.6) is 0 Å².